The maximum atomic E-state index is 10.0. The molecule has 0 bridgehead atoms. The van der Waals surface area contributed by atoms with E-state index in [-0.39, 0.29) is 36.0 Å². The molecule has 0 spiro atoms. The van der Waals surface area contributed by atoms with E-state index < -0.39 is 12.2 Å². The highest BCUT2D eigenvalue weighted by atomic mass is 16.5. The molecule has 7 heteroatoms. The number of fused-ring (bicyclic) bond motifs is 1. The van der Waals surface area contributed by atoms with E-state index >= 15 is 0 Å². The standard InChI is InChI=1S/C18H17NO6/c19-4-1-5-24-17-9-12-14(22)7-11(20)8-16(12)25-18(17)10-2-3-13(21)15(23)6-10/h2-3,6-8,17-18,20-23H,1,5,9H2. The molecule has 2 unspecified atom stereocenters. The number of phenols is 4. The molecule has 2 aromatic rings. The van der Waals surface area contributed by atoms with Crippen molar-refractivity contribution in [3.05, 3.63) is 41.5 Å². The van der Waals surface area contributed by atoms with Crippen LogP contribution in [0.4, 0.5) is 0 Å². The predicted octanol–water partition coefficient (Wildman–Crippen LogP) is 2.48. The van der Waals surface area contributed by atoms with Crippen LogP contribution >= 0.6 is 0 Å². The van der Waals surface area contributed by atoms with Crippen LogP contribution in [-0.4, -0.2) is 33.1 Å². The topological polar surface area (TPSA) is 123 Å². The zero-order valence-corrected chi connectivity index (χ0v) is 13.2. The fraction of sp³-hybridized carbons (Fsp3) is 0.278. The molecule has 1 aliphatic heterocycles. The predicted molar refractivity (Wildman–Crippen MR) is 86.6 cm³/mol. The molecule has 1 aliphatic rings. The lowest BCUT2D eigenvalue weighted by molar-refractivity contribution is -0.0362. The van der Waals surface area contributed by atoms with Crippen molar-refractivity contribution in [1.82, 2.24) is 0 Å². The van der Waals surface area contributed by atoms with Crippen molar-refractivity contribution >= 4 is 0 Å². The van der Waals surface area contributed by atoms with Crippen molar-refractivity contribution in [2.24, 2.45) is 0 Å². The van der Waals surface area contributed by atoms with Crippen LogP contribution in [0.15, 0.2) is 30.3 Å². The van der Waals surface area contributed by atoms with E-state index in [0.717, 1.165) is 0 Å². The molecular weight excluding hydrogens is 326 g/mol. The van der Waals surface area contributed by atoms with Crippen molar-refractivity contribution in [2.75, 3.05) is 6.61 Å². The number of nitrogens with zero attached hydrogens (tertiary/aromatic N) is 1. The van der Waals surface area contributed by atoms with Gasteiger partial charge in [-0.1, -0.05) is 6.07 Å². The fourth-order valence-corrected chi connectivity index (χ4v) is 2.85. The van der Waals surface area contributed by atoms with Gasteiger partial charge in [0.15, 0.2) is 17.6 Å². The molecule has 2 atom stereocenters. The number of benzene rings is 2. The number of aromatic hydroxyl groups is 4. The van der Waals surface area contributed by atoms with Crippen LogP contribution in [0.2, 0.25) is 0 Å². The molecular formula is C18H17NO6. The minimum atomic E-state index is -0.640. The Morgan fingerprint density at radius 1 is 1.08 bits per heavy atom. The van der Waals surface area contributed by atoms with Gasteiger partial charge in [-0.3, -0.25) is 0 Å². The third kappa shape index (κ3) is 3.39. The summed E-state index contributed by atoms with van der Waals surface area (Å²) in [5.41, 5.74) is 1.06. The highest BCUT2D eigenvalue weighted by molar-refractivity contribution is 5.52. The Balaban J connectivity index is 1.97. The molecule has 4 N–H and O–H groups in total. The fourth-order valence-electron chi connectivity index (χ4n) is 2.85. The summed E-state index contributed by atoms with van der Waals surface area (Å²) >= 11 is 0. The highest BCUT2D eigenvalue weighted by Crippen LogP contribution is 2.43. The van der Waals surface area contributed by atoms with Gasteiger partial charge < -0.3 is 29.9 Å². The van der Waals surface area contributed by atoms with Gasteiger partial charge in [-0.15, -0.1) is 0 Å². The quantitative estimate of drug-likeness (QED) is 0.497. The van der Waals surface area contributed by atoms with Crippen LogP contribution < -0.4 is 4.74 Å². The Kier molecular flexibility index (Phi) is 4.55. The van der Waals surface area contributed by atoms with Gasteiger partial charge in [0.05, 0.1) is 19.1 Å². The van der Waals surface area contributed by atoms with E-state index in [1.54, 1.807) is 6.07 Å². The number of phenolic OH excluding ortho intramolecular Hbond substituents is 4. The lowest BCUT2D eigenvalue weighted by atomic mass is 9.93. The Labute approximate surface area is 143 Å². The number of hydrogen-bond acceptors (Lipinski definition) is 7. The SMILES string of the molecule is N#CCCOC1Cc2c(O)cc(O)cc2OC1c1ccc(O)c(O)c1. The molecule has 130 valence electrons. The maximum Gasteiger partial charge on any atom is 0.157 e. The first-order valence-corrected chi connectivity index (χ1v) is 7.71. The Morgan fingerprint density at radius 2 is 1.88 bits per heavy atom. The first-order chi connectivity index (χ1) is 12.0. The summed E-state index contributed by atoms with van der Waals surface area (Å²) in [6.45, 7) is 0.194. The monoisotopic (exact) mass is 343 g/mol. The summed E-state index contributed by atoms with van der Waals surface area (Å²) in [4.78, 5) is 0. The molecule has 3 rings (SSSR count). The van der Waals surface area contributed by atoms with E-state index in [1.807, 2.05) is 6.07 Å². The van der Waals surface area contributed by atoms with Crippen molar-refractivity contribution in [2.45, 2.75) is 25.0 Å². The lowest BCUT2D eigenvalue weighted by Crippen LogP contribution is -2.33. The Hall–Kier alpha value is -3.11. The number of hydrogen-bond donors (Lipinski definition) is 4. The van der Waals surface area contributed by atoms with E-state index in [0.29, 0.717) is 23.3 Å². The maximum absolute atomic E-state index is 10.0. The van der Waals surface area contributed by atoms with Crippen molar-refractivity contribution in [1.29, 1.82) is 5.26 Å². The van der Waals surface area contributed by atoms with Crippen LogP contribution in [0, 0.1) is 11.3 Å². The average molecular weight is 343 g/mol. The van der Waals surface area contributed by atoms with Crippen molar-refractivity contribution in [3.63, 3.8) is 0 Å². The Bertz CT molecular complexity index is 829. The van der Waals surface area contributed by atoms with Gasteiger partial charge in [0.25, 0.3) is 0 Å². The van der Waals surface area contributed by atoms with E-state index in [1.165, 1.54) is 24.3 Å². The third-order valence-corrected chi connectivity index (χ3v) is 4.04. The molecule has 0 fully saturated rings. The molecule has 0 radical (unpaired) electrons. The number of ether oxygens (including phenoxy) is 2. The van der Waals surface area contributed by atoms with Crippen LogP contribution in [0.5, 0.6) is 28.7 Å². The molecule has 0 amide bonds. The summed E-state index contributed by atoms with van der Waals surface area (Å²) in [6.07, 6.45) is -0.642. The van der Waals surface area contributed by atoms with E-state index in [9.17, 15) is 20.4 Å². The zero-order valence-electron chi connectivity index (χ0n) is 13.2. The first kappa shape index (κ1) is 16.7. The smallest absolute Gasteiger partial charge is 0.157 e. The van der Waals surface area contributed by atoms with Crippen LogP contribution in [0.1, 0.15) is 23.7 Å². The zero-order chi connectivity index (χ0) is 18.0. The second-order valence-electron chi connectivity index (χ2n) is 5.75. The first-order valence-electron chi connectivity index (χ1n) is 7.71. The molecule has 0 saturated carbocycles. The molecule has 2 aromatic carbocycles. The van der Waals surface area contributed by atoms with Crippen molar-refractivity contribution < 1.29 is 29.9 Å². The van der Waals surface area contributed by atoms with Gasteiger partial charge in [-0.25, -0.2) is 0 Å². The van der Waals surface area contributed by atoms with Gasteiger partial charge in [0, 0.05) is 24.1 Å². The second kappa shape index (κ2) is 6.79. The Morgan fingerprint density at radius 3 is 2.60 bits per heavy atom. The minimum absolute atomic E-state index is 0.101. The third-order valence-electron chi connectivity index (χ3n) is 4.04. The second-order valence-corrected chi connectivity index (χ2v) is 5.75. The van der Waals surface area contributed by atoms with Crippen LogP contribution in [0.3, 0.4) is 0 Å². The van der Waals surface area contributed by atoms with Gasteiger partial charge >= 0.3 is 0 Å². The lowest BCUT2D eigenvalue weighted by Gasteiger charge is -2.34. The summed E-state index contributed by atoms with van der Waals surface area (Å²) in [5.74, 6) is -0.461. The average Bonchev–Trinajstić information content (AvgIpc) is 2.57. The summed E-state index contributed by atoms with van der Waals surface area (Å²) in [7, 11) is 0. The van der Waals surface area contributed by atoms with E-state index in [4.69, 9.17) is 14.7 Å². The normalized spacial score (nSPS) is 18.8. The largest absolute Gasteiger partial charge is 0.508 e. The van der Waals surface area contributed by atoms with Gasteiger partial charge in [-0.2, -0.15) is 5.26 Å². The molecule has 1 heterocycles. The molecule has 7 nitrogen and oxygen atoms in total. The number of rotatable bonds is 4. The minimum Gasteiger partial charge on any atom is -0.508 e. The van der Waals surface area contributed by atoms with Gasteiger partial charge in [-0.05, 0) is 17.7 Å². The summed E-state index contributed by atoms with van der Waals surface area (Å²) in [6, 6.07) is 8.92. The number of nitriles is 1. The van der Waals surface area contributed by atoms with Crippen LogP contribution in [-0.2, 0) is 11.2 Å². The van der Waals surface area contributed by atoms with Gasteiger partial charge in [0.2, 0.25) is 0 Å². The molecule has 0 aliphatic carbocycles. The molecule has 0 aromatic heterocycles. The van der Waals surface area contributed by atoms with Gasteiger partial charge in [0.1, 0.15) is 23.4 Å². The summed E-state index contributed by atoms with van der Waals surface area (Å²) in [5, 5.41) is 47.6. The van der Waals surface area contributed by atoms with E-state index in [2.05, 4.69) is 0 Å². The molecule has 0 saturated heterocycles. The highest BCUT2D eigenvalue weighted by Gasteiger charge is 2.34. The molecule has 25 heavy (non-hydrogen) atoms. The van der Waals surface area contributed by atoms with Crippen LogP contribution in [0.25, 0.3) is 0 Å². The summed E-state index contributed by atoms with van der Waals surface area (Å²) < 4.78 is 11.6. The van der Waals surface area contributed by atoms with Crippen molar-refractivity contribution in [3.8, 4) is 34.8 Å².